The zero-order chi connectivity index (χ0) is 12.7. The topological polar surface area (TPSA) is 29.1 Å². The van der Waals surface area contributed by atoms with E-state index in [0.717, 1.165) is 16.8 Å². The number of rotatable bonds is 2. The minimum absolute atomic E-state index is 0.0103. The fourth-order valence-corrected chi connectivity index (χ4v) is 4.20. The minimum Gasteiger partial charge on any atom is -0.349 e. The second kappa shape index (κ2) is 4.86. The molecule has 1 N–H and O–H groups in total. The van der Waals surface area contributed by atoms with E-state index in [9.17, 15) is 4.79 Å². The summed E-state index contributed by atoms with van der Waals surface area (Å²) in [5.74, 6) is 1.55. The van der Waals surface area contributed by atoms with Gasteiger partial charge in [-0.15, -0.1) is 0 Å². The highest BCUT2D eigenvalue weighted by Gasteiger charge is 2.40. The van der Waals surface area contributed by atoms with Crippen LogP contribution in [0, 0.1) is 11.8 Å². The average molecular weight is 329 g/mol. The Bertz CT molecular complexity index is 491. The van der Waals surface area contributed by atoms with Gasteiger partial charge in [0.05, 0.1) is 5.56 Å². The second-order valence-electron chi connectivity index (χ2n) is 5.38. The first-order valence-electron chi connectivity index (χ1n) is 6.39. The summed E-state index contributed by atoms with van der Waals surface area (Å²) in [5, 5.41) is 3.81. The van der Waals surface area contributed by atoms with E-state index in [4.69, 9.17) is 11.6 Å². The van der Waals surface area contributed by atoms with E-state index in [0.29, 0.717) is 22.5 Å². The predicted octanol–water partition coefficient (Wildman–Crippen LogP) is 4.02. The van der Waals surface area contributed by atoms with E-state index in [1.165, 1.54) is 19.3 Å². The molecule has 1 aromatic rings. The van der Waals surface area contributed by atoms with Gasteiger partial charge in [-0.1, -0.05) is 18.0 Å². The number of benzene rings is 1. The molecule has 18 heavy (non-hydrogen) atoms. The maximum Gasteiger partial charge on any atom is 0.252 e. The van der Waals surface area contributed by atoms with Gasteiger partial charge in [0.25, 0.3) is 5.91 Å². The molecule has 2 fully saturated rings. The van der Waals surface area contributed by atoms with Gasteiger partial charge in [0, 0.05) is 15.5 Å². The molecule has 0 aliphatic heterocycles. The van der Waals surface area contributed by atoms with Crippen molar-refractivity contribution in [2.24, 2.45) is 11.8 Å². The van der Waals surface area contributed by atoms with Crippen molar-refractivity contribution in [3.8, 4) is 0 Å². The van der Waals surface area contributed by atoms with Crippen molar-refractivity contribution in [1.29, 1.82) is 0 Å². The van der Waals surface area contributed by atoms with Gasteiger partial charge in [0.1, 0.15) is 0 Å². The number of carbonyl (C=O) groups is 1. The molecule has 1 amide bonds. The highest BCUT2D eigenvalue weighted by atomic mass is 79.9. The van der Waals surface area contributed by atoms with Crippen molar-refractivity contribution in [3.05, 3.63) is 33.3 Å². The van der Waals surface area contributed by atoms with Gasteiger partial charge in [-0.05, 0) is 65.2 Å². The van der Waals surface area contributed by atoms with Crippen LogP contribution in [0.5, 0.6) is 0 Å². The molecule has 2 aliphatic rings. The van der Waals surface area contributed by atoms with E-state index in [2.05, 4.69) is 21.2 Å². The third kappa shape index (κ3) is 2.30. The third-order valence-electron chi connectivity index (χ3n) is 4.23. The Morgan fingerprint density at radius 1 is 1.33 bits per heavy atom. The smallest absolute Gasteiger partial charge is 0.252 e. The zero-order valence-corrected chi connectivity index (χ0v) is 12.3. The summed E-state index contributed by atoms with van der Waals surface area (Å²) in [6.07, 6.45) is 5.08. The van der Waals surface area contributed by atoms with Crippen LogP contribution in [0.4, 0.5) is 0 Å². The maximum absolute atomic E-state index is 12.2. The van der Waals surface area contributed by atoms with Crippen LogP contribution in [-0.4, -0.2) is 11.9 Å². The normalized spacial score (nSPS) is 29.6. The molecule has 2 saturated carbocycles. The van der Waals surface area contributed by atoms with Crippen LogP contribution in [0.3, 0.4) is 0 Å². The van der Waals surface area contributed by atoms with Crippen LogP contribution < -0.4 is 5.32 Å². The lowest BCUT2D eigenvalue weighted by Crippen LogP contribution is -2.38. The number of fused-ring (bicyclic) bond motifs is 2. The van der Waals surface area contributed by atoms with Gasteiger partial charge < -0.3 is 5.32 Å². The number of carbonyl (C=O) groups excluding carboxylic acids is 1. The lowest BCUT2D eigenvalue weighted by molar-refractivity contribution is 0.0922. The first-order valence-corrected chi connectivity index (χ1v) is 7.56. The Balaban J connectivity index is 1.71. The summed E-state index contributed by atoms with van der Waals surface area (Å²) in [7, 11) is 0. The van der Waals surface area contributed by atoms with E-state index in [1.54, 1.807) is 18.2 Å². The molecule has 0 radical (unpaired) electrons. The largest absolute Gasteiger partial charge is 0.349 e. The molecule has 0 aromatic heterocycles. The summed E-state index contributed by atoms with van der Waals surface area (Å²) in [6.45, 7) is 0. The van der Waals surface area contributed by atoms with Crippen LogP contribution in [0.1, 0.15) is 36.0 Å². The van der Waals surface area contributed by atoms with Crippen molar-refractivity contribution in [2.45, 2.75) is 31.7 Å². The van der Waals surface area contributed by atoms with Crippen molar-refractivity contribution in [3.63, 3.8) is 0 Å². The van der Waals surface area contributed by atoms with Gasteiger partial charge in [-0.2, -0.15) is 0 Å². The Kier molecular flexibility index (Phi) is 3.37. The molecule has 4 heteroatoms. The minimum atomic E-state index is 0.0103. The summed E-state index contributed by atoms with van der Waals surface area (Å²) in [5.41, 5.74) is 0.669. The van der Waals surface area contributed by atoms with Crippen LogP contribution >= 0.6 is 27.5 Å². The highest BCUT2D eigenvalue weighted by molar-refractivity contribution is 9.10. The maximum atomic E-state index is 12.2. The lowest BCUT2D eigenvalue weighted by atomic mass is 9.95. The zero-order valence-electron chi connectivity index (χ0n) is 9.96. The number of hydrogen-bond acceptors (Lipinski definition) is 1. The van der Waals surface area contributed by atoms with Crippen LogP contribution in [0.15, 0.2) is 22.7 Å². The Hall–Kier alpha value is -0.540. The quantitative estimate of drug-likeness (QED) is 0.873. The molecule has 0 spiro atoms. The van der Waals surface area contributed by atoms with Crippen LogP contribution in [-0.2, 0) is 0 Å². The van der Waals surface area contributed by atoms with E-state index in [-0.39, 0.29) is 5.91 Å². The standard InChI is InChI=1S/C14H15BrClNO/c15-12-7-10(16)3-4-11(12)14(18)17-13-6-8-1-2-9(13)5-8/h3-4,7-9,13H,1-2,5-6H2,(H,17,18). The van der Waals surface area contributed by atoms with E-state index in [1.807, 2.05) is 0 Å². The van der Waals surface area contributed by atoms with Crippen molar-refractivity contribution in [2.75, 3.05) is 0 Å². The lowest BCUT2D eigenvalue weighted by Gasteiger charge is -2.23. The number of halogens is 2. The first-order chi connectivity index (χ1) is 8.63. The predicted molar refractivity (Wildman–Crippen MR) is 75.9 cm³/mol. The van der Waals surface area contributed by atoms with Gasteiger partial charge in [0.15, 0.2) is 0 Å². The number of nitrogens with one attached hydrogen (secondary N) is 1. The van der Waals surface area contributed by atoms with Crippen molar-refractivity contribution < 1.29 is 4.79 Å². The molecule has 2 aliphatic carbocycles. The SMILES string of the molecule is O=C(NC1CC2CCC1C2)c1ccc(Cl)cc1Br. The second-order valence-corrected chi connectivity index (χ2v) is 6.67. The van der Waals surface area contributed by atoms with E-state index >= 15 is 0 Å². The monoisotopic (exact) mass is 327 g/mol. The molecular weight excluding hydrogens is 314 g/mol. The summed E-state index contributed by atoms with van der Waals surface area (Å²) in [4.78, 5) is 12.2. The number of hydrogen-bond donors (Lipinski definition) is 1. The van der Waals surface area contributed by atoms with Gasteiger partial charge >= 0.3 is 0 Å². The molecule has 3 atom stereocenters. The average Bonchev–Trinajstić information content (AvgIpc) is 2.90. The Morgan fingerprint density at radius 3 is 2.78 bits per heavy atom. The summed E-state index contributed by atoms with van der Waals surface area (Å²) in [6, 6.07) is 5.66. The fourth-order valence-electron chi connectivity index (χ4n) is 3.34. The Labute approximate surface area is 120 Å². The summed E-state index contributed by atoms with van der Waals surface area (Å²) < 4.78 is 0.760. The van der Waals surface area contributed by atoms with Crippen molar-refractivity contribution in [1.82, 2.24) is 5.32 Å². The van der Waals surface area contributed by atoms with E-state index < -0.39 is 0 Å². The molecule has 3 rings (SSSR count). The third-order valence-corrected chi connectivity index (χ3v) is 5.12. The van der Waals surface area contributed by atoms with Gasteiger partial charge in [-0.3, -0.25) is 4.79 Å². The summed E-state index contributed by atoms with van der Waals surface area (Å²) >= 11 is 9.27. The highest BCUT2D eigenvalue weighted by Crippen LogP contribution is 2.44. The van der Waals surface area contributed by atoms with Gasteiger partial charge in [-0.25, -0.2) is 0 Å². The molecule has 0 saturated heterocycles. The molecular formula is C14H15BrClNO. The van der Waals surface area contributed by atoms with Crippen LogP contribution in [0.25, 0.3) is 0 Å². The molecule has 2 nitrogen and oxygen atoms in total. The van der Waals surface area contributed by atoms with Crippen molar-refractivity contribution >= 4 is 33.4 Å². The number of amides is 1. The fraction of sp³-hybridized carbons (Fsp3) is 0.500. The molecule has 1 aromatic carbocycles. The molecule has 0 heterocycles. The van der Waals surface area contributed by atoms with Gasteiger partial charge in [0.2, 0.25) is 0 Å². The first kappa shape index (κ1) is 12.5. The van der Waals surface area contributed by atoms with Crippen LogP contribution in [0.2, 0.25) is 5.02 Å². The molecule has 3 unspecified atom stereocenters. The molecule has 2 bridgehead atoms. The Morgan fingerprint density at radius 2 is 2.17 bits per heavy atom. The molecule has 96 valence electrons.